The molecule has 0 heterocycles. The van der Waals surface area contributed by atoms with E-state index in [9.17, 15) is 14.4 Å². The molecule has 0 aromatic rings. The van der Waals surface area contributed by atoms with Crippen molar-refractivity contribution in [2.75, 3.05) is 12.8 Å². The number of urea groups is 1. The van der Waals surface area contributed by atoms with E-state index in [0.717, 1.165) is 25.7 Å². The number of rotatable bonds is 5. The summed E-state index contributed by atoms with van der Waals surface area (Å²) in [5, 5.41) is 13.7. The maximum Gasteiger partial charge on any atom is 0.331 e. The van der Waals surface area contributed by atoms with Gasteiger partial charge in [-0.2, -0.15) is 11.8 Å². The van der Waals surface area contributed by atoms with Gasteiger partial charge in [-0.3, -0.25) is 10.1 Å². The zero-order chi connectivity index (χ0) is 16.0. The molecule has 1 saturated carbocycles. The van der Waals surface area contributed by atoms with Crippen LogP contribution in [0.5, 0.6) is 0 Å². The molecule has 1 aliphatic rings. The van der Waals surface area contributed by atoms with E-state index in [-0.39, 0.29) is 15.9 Å². The Kier molecular flexibility index (Phi) is 6.26. The predicted octanol–water partition coefficient (Wildman–Crippen LogP) is 1.91. The summed E-state index contributed by atoms with van der Waals surface area (Å²) in [4.78, 5) is 34.3. The van der Waals surface area contributed by atoms with Crippen LogP contribution in [0.1, 0.15) is 39.5 Å². The summed E-state index contributed by atoms with van der Waals surface area (Å²) < 4.78 is 0.0578. The molecular formula is C14H22N2O4S. The standard InChI is InChI=1S/C14H22N2O4S/c1-9(10(2)12(18)19)11(17)16-13(20)15-8-14(21-3)6-4-5-7-14/h4-8H2,1-3H3,(H,18,19)(H2,15,16,17,20). The number of hydrogen-bond donors (Lipinski definition) is 3. The van der Waals surface area contributed by atoms with E-state index >= 15 is 0 Å². The SMILES string of the molecule is CSC1(CNC(=O)NC(=O)C(C)=C(C)C(=O)O)CCCC1. The second-order valence-electron chi connectivity index (χ2n) is 5.29. The number of carbonyl (C=O) groups is 3. The molecule has 21 heavy (non-hydrogen) atoms. The van der Waals surface area contributed by atoms with Gasteiger partial charge in [0.05, 0.1) is 0 Å². The zero-order valence-corrected chi connectivity index (χ0v) is 13.4. The Morgan fingerprint density at radius 1 is 1.14 bits per heavy atom. The molecule has 3 N–H and O–H groups in total. The molecule has 0 atom stereocenters. The van der Waals surface area contributed by atoms with Crippen LogP contribution in [0.3, 0.4) is 0 Å². The molecule has 1 aliphatic carbocycles. The average Bonchev–Trinajstić information content (AvgIpc) is 2.92. The first-order valence-electron chi connectivity index (χ1n) is 6.86. The van der Waals surface area contributed by atoms with Crippen molar-refractivity contribution in [2.45, 2.75) is 44.3 Å². The second-order valence-corrected chi connectivity index (χ2v) is 6.56. The van der Waals surface area contributed by atoms with Crippen molar-refractivity contribution in [3.05, 3.63) is 11.1 Å². The largest absolute Gasteiger partial charge is 0.478 e. The lowest BCUT2D eigenvalue weighted by Gasteiger charge is -2.26. The fraction of sp³-hybridized carbons (Fsp3) is 0.643. The predicted molar refractivity (Wildman–Crippen MR) is 82.3 cm³/mol. The Hall–Kier alpha value is -1.50. The van der Waals surface area contributed by atoms with E-state index < -0.39 is 17.9 Å². The number of carboxylic acid groups (broad SMARTS) is 1. The topological polar surface area (TPSA) is 95.5 Å². The van der Waals surface area contributed by atoms with Gasteiger partial charge >= 0.3 is 12.0 Å². The Balaban J connectivity index is 2.52. The van der Waals surface area contributed by atoms with Gasteiger partial charge in [0.2, 0.25) is 0 Å². The molecule has 3 amide bonds. The third-order valence-corrected chi connectivity index (χ3v) is 5.39. The second kappa shape index (κ2) is 7.49. The Morgan fingerprint density at radius 2 is 1.71 bits per heavy atom. The van der Waals surface area contributed by atoms with Gasteiger partial charge in [0.1, 0.15) is 0 Å². The molecule has 1 rings (SSSR count). The summed E-state index contributed by atoms with van der Waals surface area (Å²) >= 11 is 1.74. The number of carbonyl (C=O) groups excluding carboxylic acids is 2. The van der Waals surface area contributed by atoms with Gasteiger partial charge in [-0.05, 0) is 32.9 Å². The number of carboxylic acids is 1. The third kappa shape index (κ3) is 4.77. The molecule has 1 fully saturated rings. The molecule has 118 valence electrons. The van der Waals surface area contributed by atoms with Gasteiger partial charge in [0.25, 0.3) is 5.91 Å². The number of aliphatic carboxylic acids is 1. The number of amides is 3. The molecule has 0 aliphatic heterocycles. The molecule has 0 aromatic carbocycles. The number of thioether (sulfide) groups is 1. The van der Waals surface area contributed by atoms with E-state index in [2.05, 4.69) is 10.6 Å². The minimum atomic E-state index is -1.17. The zero-order valence-electron chi connectivity index (χ0n) is 12.6. The van der Waals surface area contributed by atoms with Crippen molar-refractivity contribution in [3.8, 4) is 0 Å². The number of nitrogens with one attached hydrogen (secondary N) is 2. The van der Waals surface area contributed by atoms with E-state index in [1.54, 1.807) is 11.8 Å². The quantitative estimate of drug-likeness (QED) is 0.674. The van der Waals surface area contributed by atoms with Gasteiger partial charge in [0.15, 0.2) is 0 Å². The minimum Gasteiger partial charge on any atom is -0.478 e. The van der Waals surface area contributed by atoms with Gasteiger partial charge in [-0.15, -0.1) is 0 Å². The highest BCUT2D eigenvalue weighted by Gasteiger charge is 2.33. The van der Waals surface area contributed by atoms with Crippen LogP contribution in [0.15, 0.2) is 11.1 Å². The van der Waals surface area contributed by atoms with Crippen LogP contribution < -0.4 is 10.6 Å². The van der Waals surface area contributed by atoms with Crippen molar-refractivity contribution in [3.63, 3.8) is 0 Å². The molecule has 0 radical (unpaired) electrons. The fourth-order valence-corrected chi connectivity index (χ4v) is 3.20. The third-order valence-electron chi connectivity index (χ3n) is 3.97. The highest BCUT2D eigenvalue weighted by molar-refractivity contribution is 8.00. The summed E-state index contributed by atoms with van der Waals surface area (Å²) in [5.41, 5.74) is -0.0465. The lowest BCUT2D eigenvalue weighted by molar-refractivity contribution is -0.133. The van der Waals surface area contributed by atoms with Crippen LogP contribution in [0.25, 0.3) is 0 Å². The molecule has 0 spiro atoms. The molecule has 0 bridgehead atoms. The Bertz CT molecular complexity index is 468. The molecule has 6 nitrogen and oxygen atoms in total. The van der Waals surface area contributed by atoms with Crippen molar-refractivity contribution >= 4 is 29.7 Å². The highest BCUT2D eigenvalue weighted by Crippen LogP contribution is 2.39. The van der Waals surface area contributed by atoms with Crippen molar-refractivity contribution in [1.29, 1.82) is 0 Å². The summed E-state index contributed by atoms with van der Waals surface area (Å²) in [7, 11) is 0. The molecular weight excluding hydrogens is 292 g/mol. The Morgan fingerprint density at radius 3 is 2.19 bits per heavy atom. The van der Waals surface area contributed by atoms with Gasteiger partial charge < -0.3 is 10.4 Å². The van der Waals surface area contributed by atoms with E-state index in [1.807, 2.05) is 6.26 Å². The first kappa shape index (κ1) is 17.6. The fourth-order valence-electron chi connectivity index (χ4n) is 2.29. The molecule has 0 unspecified atom stereocenters. The van der Waals surface area contributed by atoms with Crippen LogP contribution >= 0.6 is 11.8 Å². The highest BCUT2D eigenvalue weighted by atomic mass is 32.2. The average molecular weight is 314 g/mol. The number of hydrogen-bond acceptors (Lipinski definition) is 4. The summed E-state index contributed by atoms with van der Waals surface area (Å²) in [5.74, 6) is -1.85. The molecule has 0 saturated heterocycles. The lowest BCUT2D eigenvalue weighted by Crippen LogP contribution is -2.45. The van der Waals surface area contributed by atoms with Crippen LogP contribution in [0.2, 0.25) is 0 Å². The smallest absolute Gasteiger partial charge is 0.331 e. The number of imide groups is 1. The van der Waals surface area contributed by atoms with Crippen LogP contribution in [0.4, 0.5) is 4.79 Å². The summed E-state index contributed by atoms with van der Waals surface area (Å²) in [6, 6.07) is -0.585. The van der Waals surface area contributed by atoms with Gasteiger partial charge in [-0.25, -0.2) is 9.59 Å². The molecule has 7 heteroatoms. The van der Waals surface area contributed by atoms with Crippen molar-refractivity contribution < 1.29 is 19.5 Å². The van der Waals surface area contributed by atoms with E-state index in [4.69, 9.17) is 5.11 Å². The Labute approximate surface area is 128 Å². The first-order valence-corrected chi connectivity index (χ1v) is 8.09. The maximum absolute atomic E-state index is 11.7. The van der Waals surface area contributed by atoms with Crippen molar-refractivity contribution in [2.24, 2.45) is 0 Å². The van der Waals surface area contributed by atoms with Crippen LogP contribution in [-0.2, 0) is 9.59 Å². The van der Waals surface area contributed by atoms with E-state index in [1.165, 1.54) is 13.8 Å². The van der Waals surface area contributed by atoms with Gasteiger partial charge in [-0.1, -0.05) is 12.8 Å². The monoisotopic (exact) mass is 314 g/mol. The summed E-state index contributed by atoms with van der Waals surface area (Å²) in [6.07, 6.45) is 6.45. The first-order chi connectivity index (χ1) is 9.81. The van der Waals surface area contributed by atoms with Gasteiger partial charge in [0, 0.05) is 22.4 Å². The van der Waals surface area contributed by atoms with Crippen LogP contribution in [0, 0.1) is 0 Å². The lowest BCUT2D eigenvalue weighted by atomic mass is 10.1. The maximum atomic E-state index is 11.7. The van der Waals surface area contributed by atoms with Crippen LogP contribution in [-0.4, -0.2) is 40.6 Å². The molecule has 0 aromatic heterocycles. The van der Waals surface area contributed by atoms with Crippen molar-refractivity contribution in [1.82, 2.24) is 10.6 Å². The normalized spacial score (nSPS) is 17.9. The minimum absolute atomic E-state index is 0.0260. The van der Waals surface area contributed by atoms with E-state index in [0.29, 0.717) is 6.54 Å². The summed E-state index contributed by atoms with van der Waals surface area (Å²) in [6.45, 7) is 3.22.